The summed E-state index contributed by atoms with van der Waals surface area (Å²) < 4.78 is 0. The molecule has 0 atom stereocenters. The van der Waals surface area contributed by atoms with E-state index in [1.807, 2.05) is 37.3 Å². The molecule has 2 N–H and O–H groups in total. The third-order valence-corrected chi connectivity index (χ3v) is 4.02. The molecule has 0 saturated heterocycles. The van der Waals surface area contributed by atoms with Crippen LogP contribution in [0.3, 0.4) is 0 Å². The van der Waals surface area contributed by atoms with Crippen LogP contribution in [0.2, 0.25) is 0 Å². The summed E-state index contributed by atoms with van der Waals surface area (Å²) in [6, 6.07) is 11.3. The van der Waals surface area contributed by atoms with E-state index in [0.717, 1.165) is 17.0 Å². The van der Waals surface area contributed by atoms with E-state index >= 15 is 0 Å². The molecular weight excluding hydrogens is 284 g/mol. The molecule has 0 aliphatic rings. The number of carbonyl (C=O) groups is 2. The lowest BCUT2D eigenvalue weighted by Gasteiger charge is -2.07. The van der Waals surface area contributed by atoms with Crippen LogP contribution in [0.4, 0.5) is 5.69 Å². The summed E-state index contributed by atoms with van der Waals surface area (Å²) in [6.07, 6.45) is 0.963. The summed E-state index contributed by atoms with van der Waals surface area (Å²) >= 11 is 1.41. The minimum atomic E-state index is -0.235. The van der Waals surface area contributed by atoms with Crippen molar-refractivity contribution in [2.24, 2.45) is 0 Å². The van der Waals surface area contributed by atoms with Gasteiger partial charge in [0.25, 0.3) is 5.91 Å². The molecule has 0 radical (unpaired) electrons. The van der Waals surface area contributed by atoms with Gasteiger partial charge in [0.15, 0.2) is 0 Å². The van der Waals surface area contributed by atoms with Gasteiger partial charge in [-0.2, -0.15) is 0 Å². The van der Waals surface area contributed by atoms with Gasteiger partial charge in [0.1, 0.15) is 0 Å². The highest BCUT2D eigenvalue weighted by Crippen LogP contribution is 2.14. The number of carbonyl (C=O) groups excluding carboxylic acids is 2. The summed E-state index contributed by atoms with van der Waals surface area (Å²) in [7, 11) is 0. The number of nitrogens with one attached hydrogen (secondary N) is 2. The van der Waals surface area contributed by atoms with E-state index < -0.39 is 0 Å². The fraction of sp³-hybridized carbons (Fsp3) is 0.250. The Morgan fingerprint density at radius 1 is 1.10 bits per heavy atom. The lowest BCUT2D eigenvalue weighted by atomic mass is 10.1. The van der Waals surface area contributed by atoms with Crippen LogP contribution < -0.4 is 10.6 Å². The number of aryl methyl sites for hydroxylation is 2. The average Bonchev–Trinajstić information content (AvgIpc) is 2.92. The van der Waals surface area contributed by atoms with Crippen LogP contribution in [0.25, 0.3) is 0 Å². The molecule has 4 nitrogen and oxygen atoms in total. The zero-order valence-corrected chi connectivity index (χ0v) is 12.9. The van der Waals surface area contributed by atoms with Crippen LogP contribution in [0.15, 0.2) is 36.4 Å². The second-order valence-electron chi connectivity index (χ2n) is 4.69. The topological polar surface area (TPSA) is 58.2 Å². The van der Waals surface area contributed by atoms with Crippen molar-refractivity contribution in [1.82, 2.24) is 5.32 Å². The minimum Gasteiger partial charge on any atom is -0.342 e. The van der Waals surface area contributed by atoms with Gasteiger partial charge in [-0.1, -0.05) is 19.1 Å². The second-order valence-corrected chi connectivity index (χ2v) is 5.98. The van der Waals surface area contributed by atoms with E-state index in [1.54, 1.807) is 6.07 Å². The zero-order chi connectivity index (χ0) is 15.2. The van der Waals surface area contributed by atoms with Crippen molar-refractivity contribution < 1.29 is 9.59 Å². The number of thiophene rings is 1. The van der Waals surface area contributed by atoms with E-state index in [1.165, 1.54) is 16.9 Å². The van der Waals surface area contributed by atoms with Crippen LogP contribution in [0, 0.1) is 6.92 Å². The molecule has 2 rings (SSSR count). The third kappa shape index (κ3) is 4.43. The average molecular weight is 302 g/mol. The van der Waals surface area contributed by atoms with Crippen molar-refractivity contribution in [3.05, 3.63) is 51.7 Å². The molecule has 2 amide bonds. The van der Waals surface area contributed by atoms with Crippen molar-refractivity contribution in [3.8, 4) is 0 Å². The fourth-order valence-corrected chi connectivity index (χ4v) is 2.62. The Bertz CT molecular complexity index is 632. The Morgan fingerprint density at radius 2 is 1.81 bits per heavy atom. The van der Waals surface area contributed by atoms with Crippen molar-refractivity contribution in [2.75, 3.05) is 11.9 Å². The first-order chi connectivity index (χ1) is 10.1. The predicted molar refractivity (Wildman–Crippen MR) is 85.8 cm³/mol. The molecular formula is C16H18N2O2S. The first-order valence-corrected chi connectivity index (χ1v) is 7.63. The van der Waals surface area contributed by atoms with Gasteiger partial charge >= 0.3 is 0 Å². The Hall–Kier alpha value is -2.14. The number of anilines is 1. The third-order valence-electron chi connectivity index (χ3n) is 3.02. The van der Waals surface area contributed by atoms with Crippen LogP contribution in [-0.4, -0.2) is 18.4 Å². The smallest absolute Gasteiger partial charge is 0.261 e. The molecule has 1 aromatic heterocycles. The highest BCUT2D eigenvalue weighted by molar-refractivity contribution is 7.13. The monoisotopic (exact) mass is 302 g/mol. The molecule has 0 aliphatic carbocycles. The number of benzene rings is 1. The number of rotatable bonds is 5. The molecule has 0 saturated carbocycles. The molecule has 0 fully saturated rings. The normalized spacial score (nSPS) is 10.2. The molecule has 1 heterocycles. The molecule has 0 spiro atoms. The molecule has 0 unspecified atom stereocenters. The number of hydrogen-bond acceptors (Lipinski definition) is 3. The van der Waals surface area contributed by atoms with E-state index in [-0.39, 0.29) is 18.4 Å². The highest BCUT2D eigenvalue weighted by Gasteiger charge is 2.09. The molecule has 2 aromatic rings. The van der Waals surface area contributed by atoms with Gasteiger partial charge in [-0.15, -0.1) is 11.3 Å². The molecule has 21 heavy (non-hydrogen) atoms. The molecule has 0 aliphatic heterocycles. The van der Waals surface area contributed by atoms with Gasteiger partial charge in [0.2, 0.25) is 5.91 Å². The standard InChI is InChI=1S/C16H18N2O2S/c1-3-12-5-7-13(8-6-12)18-15(19)10-17-16(20)14-9-4-11(2)21-14/h4-9H,3,10H2,1-2H3,(H,17,20)(H,18,19). The van der Waals surface area contributed by atoms with E-state index in [4.69, 9.17) is 0 Å². The van der Waals surface area contributed by atoms with Crippen LogP contribution >= 0.6 is 11.3 Å². The Morgan fingerprint density at radius 3 is 2.38 bits per heavy atom. The van der Waals surface area contributed by atoms with Crippen LogP contribution in [-0.2, 0) is 11.2 Å². The first kappa shape index (κ1) is 15.3. The first-order valence-electron chi connectivity index (χ1n) is 6.82. The van der Waals surface area contributed by atoms with Crippen LogP contribution in [0.5, 0.6) is 0 Å². The molecule has 110 valence electrons. The Kier molecular flexibility index (Phi) is 5.11. The van der Waals surface area contributed by atoms with Gasteiger partial charge in [0.05, 0.1) is 11.4 Å². The summed E-state index contributed by atoms with van der Waals surface area (Å²) in [5, 5.41) is 5.37. The Labute approximate surface area is 128 Å². The van der Waals surface area contributed by atoms with Crippen LogP contribution in [0.1, 0.15) is 27.0 Å². The summed E-state index contributed by atoms with van der Waals surface area (Å²) in [6.45, 7) is 3.98. The van der Waals surface area contributed by atoms with E-state index in [9.17, 15) is 9.59 Å². The lowest BCUT2D eigenvalue weighted by Crippen LogP contribution is -2.32. The highest BCUT2D eigenvalue weighted by atomic mass is 32.1. The SMILES string of the molecule is CCc1ccc(NC(=O)CNC(=O)c2ccc(C)s2)cc1. The molecule has 1 aromatic carbocycles. The van der Waals surface area contributed by atoms with Crippen molar-refractivity contribution in [1.29, 1.82) is 0 Å². The maximum absolute atomic E-state index is 11.8. The van der Waals surface area contributed by atoms with Gasteiger partial charge in [-0.05, 0) is 43.2 Å². The molecule has 0 bridgehead atoms. The van der Waals surface area contributed by atoms with Crippen molar-refractivity contribution >= 4 is 28.8 Å². The van der Waals surface area contributed by atoms with E-state index in [0.29, 0.717) is 4.88 Å². The minimum absolute atomic E-state index is 0.0364. The lowest BCUT2D eigenvalue weighted by molar-refractivity contribution is -0.115. The summed E-state index contributed by atoms with van der Waals surface area (Å²) in [5.41, 5.74) is 1.95. The van der Waals surface area contributed by atoms with Crippen molar-refractivity contribution in [3.63, 3.8) is 0 Å². The van der Waals surface area contributed by atoms with Gasteiger partial charge in [-0.25, -0.2) is 0 Å². The van der Waals surface area contributed by atoms with Gasteiger partial charge in [0, 0.05) is 10.6 Å². The number of hydrogen-bond donors (Lipinski definition) is 2. The maximum Gasteiger partial charge on any atom is 0.261 e. The van der Waals surface area contributed by atoms with Gasteiger partial charge in [-0.3, -0.25) is 9.59 Å². The maximum atomic E-state index is 11.8. The zero-order valence-electron chi connectivity index (χ0n) is 12.1. The predicted octanol–water partition coefficient (Wildman–Crippen LogP) is 2.99. The summed E-state index contributed by atoms with van der Waals surface area (Å²) in [5.74, 6) is -0.453. The van der Waals surface area contributed by atoms with Crippen molar-refractivity contribution in [2.45, 2.75) is 20.3 Å². The fourth-order valence-electron chi connectivity index (χ4n) is 1.83. The van der Waals surface area contributed by atoms with E-state index in [2.05, 4.69) is 17.6 Å². The Balaban J connectivity index is 1.82. The quantitative estimate of drug-likeness (QED) is 0.892. The molecule has 5 heteroatoms. The summed E-state index contributed by atoms with van der Waals surface area (Å²) in [4.78, 5) is 25.3. The largest absolute Gasteiger partial charge is 0.342 e. The van der Waals surface area contributed by atoms with Gasteiger partial charge < -0.3 is 10.6 Å². The second kappa shape index (κ2) is 7.04. The number of amides is 2.